The molecule has 0 saturated heterocycles. The number of carbonyl (C=O) groups is 1. The largest absolute Gasteiger partial charge is 0.487 e. The SMILES string of the molecule is CC(=S)OCC[C@H](NC(=O)OC(C)(C)C)c1ccc(Cl)cc1. The lowest BCUT2D eigenvalue weighted by molar-refractivity contribution is 0.0497. The minimum atomic E-state index is -0.546. The fourth-order valence-electron chi connectivity index (χ4n) is 1.79. The van der Waals surface area contributed by atoms with Gasteiger partial charge in [0.05, 0.1) is 12.6 Å². The molecule has 22 heavy (non-hydrogen) atoms. The van der Waals surface area contributed by atoms with Crippen LogP contribution in [0.1, 0.15) is 45.7 Å². The molecule has 0 heterocycles. The van der Waals surface area contributed by atoms with Gasteiger partial charge in [0.2, 0.25) is 0 Å². The number of rotatable bonds is 5. The average molecular weight is 344 g/mol. The number of halogens is 1. The highest BCUT2D eigenvalue weighted by molar-refractivity contribution is 7.80. The first kappa shape index (κ1) is 18.7. The number of thiocarbonyl (C=S) groups is 1. The second kappa shape index (κ2) is 8.34. The molecule has 0 saturated carbocycles. The Morgan fingerprint density at radius 3 is 2.41 bits per heavy atom. The van der Waals surface area contributed by atoms with Gasteiger partial charge in [-0.15, -0.1) is 0 Å². The Morgan fingerprint density at radius 1 is 1.32 bits per heavy atom. The maximum absolute atomic E-state index is 12.0. The fraction of sp³-hybridized carbons (Fsp3) is 0.500. The first-order chi connectivity index (χ1) is 10.2. The molecule has 0 aliphatic carbocycles. The van der Waals surface area contributed by atoms with E-state index in [1.54, 1.807) is 19.1 Å². The van der Waals surface area contributed by atoms with E-state index >= 15 is 0 Å². The van der Waals surface area contributed by atoms with Crippen molar-refractivity contribution >= 4 is 35.0 Å². The molecule has 0 unspecified atom stereocenters. The third kappa shape index (κ3) is 7.61. The fourth-order valence-corrected chi connectivity index (χ4v) is 2.00. The molecule has 0 aromatic heterocycles. The van der Waals surface area contributed by atoms with Crippen molar-refractivity contribution in [3.05, 3.63) is 34.9 Å². The van der Waals surface area contributed by atoms with Crippen LogP contribution in [0.15, 0.2) is 24.3 Å². The number of hydrogen-bond donors (Lipinski definition) is 1. The van der Waals surface area contributed by atoms with Crippen molar-refractivity contribution in [2.75, 3.05) is 6.61 Å². The zero-order valence-corrected chi connectivity index (χ0v) is 14.9. The molecule has 1 N–H and O–H groups in total. The zero-order valence-electron chi connectivity index (χ0n) is 13.3. The molecule has 6 heteroatoms. The van der Waals surface area contributed by atoms with E-state index in [2.05, 4.69) is 5.32 Å². The summed E-state index contributed by atoms with van der Waals surface area (Å²) in [7, 11) is 0. The molecule has 0 aliphatic rings. The topological polar surface area (TPSA) is 47.6 Å². The summed E-state index contributed by atoms with van der Waals surface area (Å²) in [6.45, 7) is 7.60. The lowest BCUT2D eigenvalue weighted by Gasteiger charge is -2.24. The summed E-state index contributed by atoms with van der Waals surface area (Å²) in [5, 5.41) is 3.98. The molecular weight excluding hydrogens is 322 g/mol. The maximum atomic E-state index is 12.0. The Balaban J connectivity index is 2.75. The van der Waals surface area contributed by atoms with Crippen LogP contribution in [0.5, 0.6) is 0 Å². The van der Waals surface area contributed by atoms with Crippen molar-refractivity contribution < 1.29 is 14.3 Å². The van der Waals surface area contributed by atoms with E-state index in [9.17, 15) is 4.79 Å². The first-order valence-corrected chi connectivity index (χ1v) is 7.84. The molecule has 0 radical (unpaired) electrons. The molecular formula is C16H22ClNO3S. The molecule has 0 spiro atoms. The van der Waals surface area contributed by atoms with E-state index in [1.165, 1.54) is 0 Å². The minimum absolute atomic E-state index is 0.235. The average Bonchev–Trinajstić information content (AvgIpc) is 2.36. The number of ether oxygens (including phenoxy) is 2. The van der Waals surface area contributed by atoms with Crippen LogP contribution in [-0.4, -0.2) is 23.4 Å². The maximum Gasteiger partial charge on any atom is 0.408 e. The van der Waals surface area contributed by atoms with Gasteiger partial charge in [-0.25, -0.2) is 4.79 Å². The number of benzene rings is 1. The Labute approximate surface area is 142 Å². The number of hydrogen-bond acceptors (Lipinski definition) is 4. The summed E-state index contributed by atoms with van der Waals surface area (Å²) in [5.74, 6) is 0. The second-order valence-corrected chi connectivity index (χ2v) is 6.89. The number of amides is 1. The Bertz CT molecular complexity index is 511. The van der Waals surface area contributed by atoms with Crippen LogP contribution in [0.4, 0.5) is 4.79 Å². The van der Waals surface area contributed by atoms with Crippen molar-refractivity contribution in [3.63, 3.8) is 0 Å². The molecule has 1 rings (SSSR count). The van der Waals surface area contributed by atoms with Gasteiger partial charge in [-0.2, -0.15) is 0 Å². The van der Waals surface area contributed by atoms with Gasteiger partial charge in [-0.05, 0) is 50.7 Å². The van der Waals surface area contributed by atoms with Gasteiger partial charge in [0.25, 0.3) is 0 Å². The molecule has 0 aliphatic heterocycles. The molecule has 122 valence electrons. The summed E-state index contributed by atoms with van der Waals surface area (Å²) >= 11 is 10.8. The van der Waals surface area contributed by atoms with Crippen molar-refractivity contribution in [1.29, 1.82) is 0 Å². The number of carbonyl (C=O) groups excluding carboxylic acids is 1. The monoisotopic (exact) mass is 343 g/mol. The predicted octanol–water partition coefficient (Wildman–Crippen LogP) is 4.66. The molecule has 1 aromatic carbocycles. The van der Waals surface area contributed by atoms with Gasteiger partial charge >= 0.3 is 6.09 Å². The van der Waals surface area contributed by atoms with E-state index in [0.29, 0.717) is 23.1 Å². The van der Waals surface area contributed by atoms with Crippen LogP contribution in [-0.2, 0) is 9.47 Å². The number of nitrogens with one attached hydrogen (secondary N) is 1. The van der Waals surface area contributed by atoms with E-state index in [-0.39, 0.29) is 6.04 Å². The molecule has 4 nitrogen and oxygen atoms in total. The standard InChI is InChI=1S/C16H22ClNO3S/c1-11(22)20-10-9-14(12-5-7-13(17)8-6-12)18-15(19)21-16(2,3)4/h5-8,14H,9-10H2,1-4H3,(H,18,19)/t14-/m0/s1. The lowest BCUT2D eigenvalue weighted by Crippen LogP contribution is -2.35. The third-order valence-electron chi connectivity index (χ3n) is 2.68. The highest BCUT2D eigenvalue weighted by Crippen LogP contribution is 2.20. The molecule has 0 fully saturated rings. The highest BCUT2D eigenvalue weighted by atomic mass is 35.5. The second-order valence-electron chi connectivity index (χ2n) is 5.88. The minimum Gasteiger partial charge on any atom is -0.487 e. The Morgan fingerprint density at radius 2 is 1.91 bits per heavy atom. The molecule has 1 amide bonds. The van der Waals surface area contributed by atoms with Crippen molar-refractivity contribution in [2.24, 2.45) is 0 Å². The zero-order chi connectivity index (χ0) is 16.8. The first-order valence-electron chi connectivity index (χ1n) is 7.06. The summed E-state index contributed by atoms with van der Waals surface area (Å²) in [5.41, 5.74) is 0.386. The van der Waals surface area contributed by atoms with Gasteiger partial charge in [-0.1, -0.05) is 23.7 Å². The quantitative estimate of drug-likeness (QED) is 0.790. The summed E-state index contributed by atoms with van der Waals surface area (Å²) < 4.78 is 10.6. The van der Waals surface area contributed by atoms with Gasteiger partial charge in [0.15, 0.2) is 5.05 Å². The summed E-state index contributed by atoms with van der Waals surface area (Å²) in [4.78, 5) is 12.0. The summed E-state index contributed by atoms with van der Waals surface area (Å²) in [6.07, 6.45) is 0.112. The molecule has 1 aromatic rings. The van der Waals surface area contributed by atoms with Gasteiger partial charge in [0.1, 0.15) is 5.60 Å². The van der Waals surface area contributed by atoms with Crippen LogP contribution in [0, 0.1) is 0 Å². The van der Waals surface area contributed by atoms with Crippen LogP contribution < -0.4 is 5.32 Å². The number of alkyl carbamates (subject to hydrolysis) is 1. The Hall–Kier alpha value is -1.33. The van der Waals surface area contributed by atoms with Crippen LogP contribution in [0.2, 0.25) is 5.02 Å². The predicted molar refractivity (Wildman–Crippen MR) is 92.4 cm³/mol. The Kier molecular flexibility index (Phi) is 7.10. The van der Waals surface area contributed by atoms with Crippen molar-refractivity contribution in [2.45, 2.75) is 45.8 Å². The normalized spacial score (nSPS) is 12.4. The molecule has 1 atom stereocenters. The van der Waals surface area contributed by atoms with E-state index in [4.69, 9.17) is 33.3 Å². The third-order valence-corrected chi connectivity index (χ3v) is 3.05. The van der Waals surface area contributed by atoms with Crippen LogP contribution >= 0.6 is 23.8 Å². The van der Waals surface area contributed by atoms with Crippen LogP contribution in [0.3, 0.4) is 0 Å². The van der Waals surface area contributed by atoms with Crippen LogP contribution in [0.25, 0.3) is 0 Å². The lowest BCUT2D eigenvalue weighted by atomic mass is 10.0. The highest BCUT2D eigenvalue weighted by Gasteiger charge is 2.20. The van der Waals surface area contributed by atoms with E-state index in [1.807, 2.05) is 32.9 Å². The van der Waals surface area contributed by atoms with E-state index < -0.39 is 11.7 Å². The van der Waals surface area contributed by atoms with Gasteiger partial charge in [0, 0.05) is 18.4 Å². The van der Waals surface area contributed by atoms with Crippen molar-refractivity contribution in [1.82, 2.24) is 5.32 Å². The summed E-state index contributed by atoms with van der Waals surface area (Å²) in [6, 6.07) is 7.07. The molecule has 0 bridgehead atoms. The van der Waals surface area contributed by atoms with Crippen molar-refractivity contribution in [3.8, 4) is 0 Å². The smallest absolute Gasteiger partial charge is 0.408 e. The van der Waals surface area contributed by atoms with Gasteiger partial charge in [-0.3, -0.25) is 0 Å². The van der Waals surface area contributed by atoms with Gasteiger partial charge < -0.3 is 14.8 Å². The van der Waals surface area contributed by atoms with E-state index in [0.717, 1.165) is 5.56 Å².